The Morgan fingerprint density at radius 1 is 1.19 bits per heavy atom. The Hall–Kier alpha value is -3.13. The molecular formula is C22H21FN2O2. The van der Waals surface area contributed by atoms with E-state index in [0.29, 0.717) is 12.1 Å². The molecule has 138 valence electrons. The number of amides is 2. The van der Waals surface area contributed by atoms with Gasteiger partial charge in [-0.25, -0.2) is 4.39 Å². The molecule has 0 spiro atoms. The van der Waals surface area contributed by atoms with Crippen LogP contribution < -0.4 is 10.2 Å². The molecule has 2 amide bonds. The van der Waals surface area contributed by atoms with Crippen LogP contribution in [0.25, 0.3) is 0 Å². The minimum absolute atomic E-state index is 0.0456. The van der Waals surface area contributed by atoms with Crippen LogP contribution in [0.2, 0.25) is 0 Å². The molecule has 2 aromatic rings. The monoisotopic (exact) mass is 364 g/mol. The van der Waals surface area contributed by atoms with E-state index >= 15 is 0 Å². The molecule has 1 N–H and O–H groups in total. The maximum absolute atomic E-state index is 12.8. The summed E-state index contributed by atoms with van der Waals surface area (Å²) in [5.74, 6) is 4.79. The first-order chi connectivity index (χ1) is 12.9. The van der Waals surface area contributed by atoms with Gasteiger partial charge in [0.15, 0.2) is 0 Å². The Balaban J connectivity index is 1.56. The summed E-state index contributed by atoms with van der Waals surface area (Å²) in [7, 11) is 0. The lowest BCUT2D eigenvalue weighted by molar-refractivity contribution is -0.126. The fourth-order valence-corrected chi connectivity index (χ4v) is 2.98. The average molecular weight is 364 g/mol. The minimum atomic E-state index is -0.383. The molecule has 0 aromatic heterocycles. The molecule has 0 bridgehead atoms. The zero-order valence-electron chi connectivity index (χ0n) is 15.4. The van der Waals surface area contributed by atoms with Crippen LogP contribution in [0, 0.1) is 37.4 Å². The smallest absolute Gasteiger partial charge is 0.227 e. The highest BCUT2D eigenvalue weighted by Gasteiger charge is 2.34. The molecule has 1 unspecified atom stereocenters. The van der Waals surface area contributed by atoms with Crippen molar-refractivity contribution in [2.75, 3.05) is 18.0 Å². The normalized spacial score (nSPS) is 16.0. The number of rotatable bonds is 3. The molecule has 1 aliphatic rings. The van der Waals surface area contributed by atoms with Gasteiger partial charge in [-0.2, -0.15) is 0 Å². The van der Waals surface area contributed by atoms with Gasteiger partial charge in [-0.05, 0) is 61.4 Å². The van der Waals surface area contributed by atoms with Gasteiger partial charge in [0.25, 0.3) is 0 Å². The number of carbonyl (C=O) groups excluding carboxylic acids is 2. The predicted molar refractivity (Wildman–Crippen MR) is 103 cm³/mol. The van der Waals surface area contributed by atoms with Crippen LogP contribution in [0.15, 0.2) is 42.5 Å². The number of carbonyl (C=O) groups is 2. The summed E-state index contributed by atoms with van der Waals surface area (Å²) in [6.07, 6.45) is 0.199. The van der Waals surface area contributed by atoms with Gasteiger partial charge in [0.05, 0.1) is 12.5 Å². The quantitative estimate of drug-likeness (QED) is 0.852. The van der Waals surface area contributed by atoms with E-state index in [4.69, 9.17) is 0 Å². The maximum Gasteiger partial charge on any atom is 0.227 e. The lowest BCUT2D eigenvalue weighted by Crippen LogP contribution is -2.33. The van der Waals surface area contributed by atoms with E-state index in [0.717, 1.165) is 11.3 Å². The van der Waals surface area contributed by atoms with E-state index in [-0.39, 0.29) is 36.5 Å². The summed E-state index contributed by atoms with van der Waals surface area (Å²) in [6.45, 7) is 4.58. The van der Waals surface area contributed by atoms with Crippen molar-refractivity contribution in [3.05, 3.63) is 65.0 Å². The van der Waals surface area contributed by atoms with Crippen LogP contribution in [0.1, 0.15) is 23.1 Å². The maximum atomic E-state index is 12.8. The Morgan fingerprint density at radius 2 is 1.93 bits per heavy atom. The van der Waals surface area contributed by atoms with E-state index in [9.17, 15) is 14.0 Å². The zero-order valence-corrected chi connectivity index (χ0v) is 15.4. The number of nitrogens with one attached hydrogen (secondary N) is 1. The lowest BCUT2D eigenvalue weighted by atomic mass is 10.1. The molecule has 0 radical (unpaired) electrons. The third-order valence-electron chi connectivity index (χ3n) is 4.73. The highest BCUT2D eigenvalue weighted by molar-refractivity contribution is 6.00. The molecule has 3 rings (SSSR count). The first-order valence-electron chi connectivity index (χ1n) is 8.84. The van der Waals surface area contributed by atoms with Gasteiger partial charge in [-0.1, -0.05) is 17.9 Å². The summed E-state index contributed by atoms with van der Waals surface area (Å²) in [6, 6.07) is 11.7. The molecule has 4 nitrogen and oxygen atoms in total. The van der Waals surface area contributed by atoms with E-state index in [1.165, 1.54) is 17.7 Å². The second kappa shape index (κ2) is 8.05. The SMILES string of the molecule is Cc1ccc(N2CC(C(=O)NCC#Cc3ccc(F)cc3)CC2=O)cc1C. The summed E-state index contributed by atoms with van der Waals surface area (Å²) >= 11 is 0. The fraction of sp³-hybridized carbons (Fsp3) is 0.273. The Morgan fingerprint density at radius 3 is 2.63 bits per heavy atom. The molecule has 1 saturated heterocycles. The van der Waals surface area contributed by atoms with Gasteiger partial charge in [0.1, 0.15) is 5.82 Å². The van der Waals surface area contributed by atoms with Crippen molar-refractivity contribution < 1.29 is 14.0 Å². The number of aryl methyl sites for hydroxylation is 2. The number of anilines is 1. The Bertz CT molecular complexity index is 926. The van der Waals surface area contributed by atoms with Crippen molar-refractivity contribution in [1.82, 2.24) is 5.32 Å². The minimum Gasteiger partial charge on any atom is -0.345 e. The molecule has 0 aliphatic carbocycles. The van der Waals surface area contributed by atoms with Gasteiger partial charge in [0.2, 0.25) is 11.8 Å². The lowest BCUT2D eigenvalue weighted by Gasteiger charge is -2.17. The van der Waals surface area contributed by atoms with E-state index < -0.39 is 0 Å². The fourth-order valence-electron chi connectivity index (χ4n) is 2.98. The third kappa shape index (κ3) is 4.53. The van der Waals surface area contributed by atoms with Crippen LogP contribution >= 0.6 is 0 Å². The van der Waals surface area contributed by atoms with Crippen molar-refractivity contribution in [2.24, 2.45) is 5.92 Å². The van der Waals surface area contributed by atoms with E-state index in [2.05, 4.69) is 17.2 Å². The molecule has 1 fully saturated rings. The zero-order chi connectivity index (χ0) is 19.4. The largest absolute Gasteiger partial charge is 0.345 e. The molecule has 0 saturated carbocycles. The molecule has 5 heteroatoms. The summed E-state index contributed by atoms with van der Waals surface area (Å²) in [5.41, 5.74) is 3.79. The second-order valence-electron chi connectivity index (χ2n) is 6.70. The number of nitrogens with zero attached hydrogens (tertiary/aromatic N) is 1. The molecular weight excluding hydrogens is 343 g/mol. The molecule has 1 atom stereocenters. The standard InChI is InChI=1S/C22H21FN2O2/c1-15-5-10-20(12-16(15)2)25-14-18(13-21(25)26)22(27)24-11-3-4-17-6-8-19(23)9-7-17/h5-10,12,18H,11,13-14H2,1-2H3,(H,24,27). The third-order valence-corrected chi connectivity index (χ3v) is 4.73. The van der Waals surface area contributed by atoms with Gasteiger partial charge < -0.3 is 10.2 Å². The van der Waals surface area contributed by atoms with E-state index in [1.54, 1.807) is 17.0 Å². The molecule has 1 aliphatic heterocycles. The van der Waals surface area contributed by atoms with Crippen molar-refractivity contribution in [1.29, 1.82) is 0 Å². The Kier molecular flexibility index (Phi) is 5.56. The first-order valence-corrected chi connectivity index (χ1v) is 8.84. The molecule has 27 heavy (non-hydrogen) atoms. The van der Waals surface area contributed by atoms with Crippen LogP contribution in [0.5, 0.6) is 0 Å². The van der Waals surface area contributed by atoms with Crippen molar-refractivity contribution in [2.45, 2.75) is 20.3 Å². The number of halogens is 1. The highest BCUT2D eigenvalue weighted by Crippen LogP contribution is 2.26. The Labute approximate surface area is 158 Å². The van der Waals surface area contributed by atoms with Gasteiger partial charge in [0, 0.05) is 24.2 Å². The second-order valence-corrected chi connectivity index (χ2v) is 6.70. The van der Waals surface area contributed by atoms with Crippen LogP contribution in [-0.2, 0) is 9.59 Å². The highest BCUT2D eigenvalue weighted by atomic mass is 19.1. The van der Waals surface area contributed by atoms with Crippen LogP contribution in [0.4, 0.5) is 10.1 Å². The first kappa shape index (κ1) is 18.7. The van der Waals surface area contributed by atoms with Crippen LogP contribution in [0.3, 0.4) is 0 Å². The molecule has 1 heterocycles. The van der Waals surface area contributed by atoms with Crippen molar-refractivity contribution in [3.8, 4) is 11.8 Å². The number of hydrogen-bond acceptors (Lipinski definition) is 2. The number of hydrogen-bond donors (Lipinski definition) is 1. The number of benzene rings is 2. The molecule has 2 aromatic carbocycles. The predicted octanol–water partition coefficient (Wildman–Crippen LogP) is 2.96. The van der Waals surface area contributed by atoms with Gasteiger partial charge >= 0.3 is 0 Å². The van der Waals surface area contributed by atoms with Gasteiger partial charge in [-0.3, -0.25) is 9.59 Å². The van der Waals surface area contributed by atoms with Gasteiger partial charge in [-0.15, -0.1) is 0 Å². The topological polar surface area (TPSA) is 49.4 Å². The van der Waals surface area contributed by atoms with Crippen molar-refractivity contribution in [3.63, 3.8) is 0 Å². The van der Waals surface area contributed by atoms with Crippen LogP contribution in [-0.4, -0.2) is 24.9 Å². The van der Waals surface area contributed by atoms with Crippen molar-refractivity contribution >= 4 is 17.5 Å². The van der Waals surface area contributed by atoms with E-state index in [1.807, 2.05) is 32.0 Å². The average Bonchev–Trinajstić information content (AvgIpc) is 3.04. The summed E-state index contributed by atoms with van der Waals surface area (Å²) in [4.78, 5) is 26.3. The summed E-state index contributed by atoms with van der Waals surface area (Å²) < 4.78 is 12.8. The summed E-state index contributed by atoms with van der Waals surface area (Å²) in [5, 5.41) is 2.75.